The van der Waals surface area contributed by atoms with Crippen molar-refractivity contribution in [2.45, 2.75) is 59.0 Å². The second-order valence-corrected chi connectivity index (χ2v) is 6.14. The van der Waals surface area contributed by atoms with Gasteiger partial charge >= 0.3 is 0 Å². The van der Waals surface area contributed by atoms with Gasteiger partial charge in [0.2, 0.25) is 5.95 Å². The van der Waals surface area contributed by atoms with Crippen LogP contribution in [0.1, 0.15) is 52.0 Å². The van der Waals surface area contributed by atoms with Crippen molar-refractivity contribution in [1.29, 1.82) is 0 Å². The first-order chi connectivity index (χ1) is 9.70. The van der Waals surface area contributed by atoms with Crippen LogP contribution in [0.25, 0.3) is 0 Å². The van der Waals surface area contributed by atoms with E-state index in [1.54, 1.807) is 0 Å². The lowest BCUT2D eigenvalue weighted by Crippen LogP contribution is -2.34. The van der Waals surface area contributed by atoms with Gasteiger partial charge in [-0.25, -0.2) is 9.97 Å². The van der Waals surface area contributed by atoms with Crippen LogP contribution in [0.5, 0.6) is 0 Å². The molecule has 1 N–H and O–H groups in total. The molecular formula is C16H28N4. The second-order valence-electron chi connectivity index (χ2n) is 6.14. The molecule has 1 fully saturated rings. The van der Waals surface area contributed by atoms with Crippen LogP contribution in [0.15, 0.2) is 12.4 Å². The van der Waals surface area contributed by atoms with Gasteiger partial charge in [-0.05, 0) is 32.2 Å². The number of rotatable bonds is 7. The van der Waals surface area contributed by atoms with Crippen LogP contribution in [0.3, 0.4) is 0 Å². The Kier molecular flexibility index (Phi) is 5.77. The van der Waals surface area contributed by atoms with Crippen LogP contribution >= 0.6 is 0 Å². The average Bonchev–Trinajstić information content (AvgIpc) is 2.95. The zero-order chi connectivity index (χ0) is 14.4. The van der Waals surface area contributed by atoms with E-state index < -0.39 is 0 Å². The molecule has 2 rings (SSSR count). The van der Waals surface area contributed by atoms with Gasteiger partial charge in [-0.15, -0.1) is 0 Å². The average molecular weight is 276 g/mol. The van der Waals surface area contributed by atoms with Gasteiger partial charge in [0.1, 0.15) is 0 Å². The number of aromatic nitrogens is 2. The minimum absolute atomic E-state index is 0.643. The summed E-state index contributed by atoms with van der Waals surface area (Å²) in [5.41, 5.74) is 1.16. The standard InChI is InChI=1S/C16H28N4/c1-4-20(15-7-5-6-8-15)16-18-11-14(12-19-16)10-17-9-13(2)3/h11-13,15,17H,4-10H2,1-3H3. The lowest BCUT2D eigenvalue weighted by molar-refractivity contribution is 0.550. The third kappa shape index (κ3) is 4.17. The van der Waals surface area contributed by atoms with Gasteiger partial charge < -0.3 is 10.2 Å². The zero-order valence-electron chi connectivity index (χ0n) is 13.1. The Hall–Kier alpha value is -1.16. The van der Waals surface area contributed by atoms with Gasteiger partial charge in [0.05, 0.1) is 0 Å². The van der Waals surface area contributed by atoms with E-state index in [1.165, 1.54) is 25.7 Å². The van der Waals surface area contributed by atoms with Gasteiger partial charge in [0.15, 0.2) is 0 Å². The minimum Gasteiger partial charge on any atom is -0.338 e. The molecule has 4 nitrogen and oxygen atoms in total. The van der Waals surface area contributed by atoms with Crippen molar-refractivity contribution in [2.75, 3.05) is 18.0 Å². The Balaban J connectivity index is 1.92. The van der Waals surface area contributed by atoms with Crippen molar-refractivity contribution in [3.63, 3.8) is 0 Å². The van der Waals surface area contributed by atoms with Gasteiger partial charge in [0, 0.05) is 37.1 Å². The molecule has 1 aromatic rings. The van der Waals surface area contributed by atoms with Crippen LogP contribution in [-0.2, 0) is 6.54 Å². The quantitative estimate of drug-likeness (QED) is 0.831. The van der Waals surface area contributed by atoms with E-state index in [0.29, 0.717) is 12.0 Å². The molecular weight excluding hydrogens is 248 g/mol. The van der Waals surface area contributed by atoms with Crippen LogP contribution in [0.4, 0.5) is 5.95 Å². The van der Waals surface area contributed by atoms with Crippen LogP contribution < -0.4 is 10.2 Å². The summed E-state index contributed by atoms with van der Waals surface area (Å²) in [6, 6.07) is 0.643. The Labute approximate surface area is 123 Å². The topological polar surface area (TPSA) is 41.1 Å². The van der Waals surface area contributed by atoms with Gasteiger partial charge in [-0.2, -0.15) is 0 Å². The minimum atomic E-state index is 0.643. The van der Waals surface area contributed by atoms with Crippen molar-refractivity contribution in [3.8, 4) is 0 Å². The van der Waals surface area contributed by atoms with Crippen LogP contribution in [0, 0.1) is 5.92 Å². The first-order valence-electron chi connectivity index (χ1n) is 7.99. The molecule has 0 aliphatic heterocycles. The molecule has 20 heavy (non-hydrogen) atoms. The van der Waals surface area contributed by atoms with E-state index >= 15 is 0 Å². The molecule has 0 amide bonds. The Morgan fingerprint density at radius 1 is 1.25 bits per heavy atom. The lowest BCUT2D eigenvalue weighted by atomic mass is 10.2. The molecule has 1 heterocycles. The molecule has 0 bridgehead atoms. The highest BCUT2D eigenvalue weighted by Gasteiger charge is 2.23. The van der Waals surface area contributed by atoms with E-state index in [2.05, 4.69) is 41.0 Å². The third-order valence-electron chi connectivity index (χ3n) is 3.94. The summed E-state index contributed by atoms with van der Waals surface area (Å²) in [5, 5.41) is 3.43. The summed E-state index contributed by atoms with van der Waals surface area (Å²) in [6.45, 7) is 9.51. The van der Waals surface area contributed by atoms with E-state index in [0.717, 1.165) is 31.1 Å². The fourth-order valence-electron chi connectivity index (χ4n) is 2.87. The van der Waals surface area contributed by atoms with Crippen LogP contribution in [-0.4, -0.2) is 29.1 Å². The highest BCUT2D eigenvalue weighted by molar-refractivity contribution is 5.31. The molecule has 0 aromatic carbocycles. The predicted octanol–water partition coefficient (Wildman–Crippen LogP) is 2.99. The monoisotopic (exact) mass is 276 g/mol. The Bertz CT molecular complexity index is 382. The van der Waals surface area contributed by atoms with E-state index in [-0.39, 0.29) is 0 Å². The summed E-state index contributed by atoms with van der Waals surface area (Å²) >= 11 is 0. The number of hydrogen-bond acceptors (Lipinski definition) is 4. The van der Waals surface area contributed by atoms with Gasteiger partial charge in [-0.1, -0.05) is 26.7 Å². The smallest absolute Gasteiger partial charge is 0.225 e. The first-order valence-corrected chi connectivity index (χ1v) is 7.99. The van der Waals surface area contributed by atoms with Crippen LogP contribution in [0.2, 0.25) is 0 Å². The highest BCUT2D eigenvalue weighted by Crippen LogP contribution is 2.25. The summed E-state index contributed by atoms with van der Waals surface area (Å²) in [4.78, 5) is 11.5. The summed E-state index contributed by atoms with van der Waals surface area (Å²) in [7, 11) is 0. The molecule has 0 spiro atoms. The highest BCUT2D eigenvalue weighted by atomic mass is 15.3. The molecule has 0 unspecified atom stereocenters. The summed E-state index contributed by atoms with van der Waals surface area (Å²) in [6.07, 6.45) is 9.20. The normalized spacial score (nSPS) is 16.0. The molecule has 1 aromatic heterocycles. The maximum absolute atomic E-state index is 4.57. The van der Waals surface area contributed by atoms with Gasteiger partial charge in [-0.3, -0.25) is 0 Å². The number of anilines is 1. The summed E-state index contributed by atoms with van der Waals surface area (Å²) in [5.74, 6) is 1.57. The molecule has 0 saturated heterocycles. The Morgan fingerprint density at radius 3 is 2.45 bits per heavy atom. The maximum atomic E-state index is 4.57. The lowest BCUT2D eigenvalue weighted by Gasteiger charge is -2.27. The van der Waals surface area contributed by atoms with Crippen molar-refractivity contribution < 1.29 is 0 Å². The predicted molar refractivity (Wildman–Crippen MR) is 83.9 cm³/mol. The largest absolute Gasteiger partial charge is 0.338 e. The second kappa shape index (κ2) is 7.58. The van der Waals surface area contributed by atoms with Crippen molar-refractivity contribution in [3.05, 3.63) is 18.0 Å². The van der Waals surface area contributed by atoms with Crippen molar-refractivity contribution >= 4 is 5.95 Å². The van der Waals surface area contributed by atoms with E-state index in [4.69, 9.17) is 0 Å². The molecule has 1 aliphatic rings. The first kappa shape index (κ1) is 15.2. The van der Waals surface area contributed by atoms with Crippen molar-refractivity contribution in [1.82, 2.24) is 15.3 Å². The van der Waals surface area contributed by atoms with E-state index in [9.17, 15) is 0 Å². The molecule has 1 aliphatic carbocycles. The van der Waals surface area contributed by atoms with Crippen molar-refractivity contribution in [2.24, 2.45) is 5.92 Å². The van der Waals surface area contributed by atoms with E-state index in [1.807, 2.05) is 12.4 Å². The molecule has 0 radical (unpaired) electrons. The number of nitrogens with zero attached hydrogens (tertiary/aromatic N) is 3. The molecule has 112 valence electrons. The fourth-order valence-corrected chi connectivity index (χ4v) is 2.87. The molecule has 1 saturated carbocycles. The molecule has 4 heteroatoms. The summed E-state index contributed by atoms with van der Waals surface area (Å²) < 4.78 is 0. The SMILES string of the molecule is CCN(c1ncc(CNCC(C)C)cn1)C1CCCC1. The number of hydrogen-bond donors (Lipinski definition) is 1. The zero-order valence-corrected chi connectivity index (χ0v) is 13.1. The third-order valence-corrected chi connectivity index (χ3v) is 3.94. The van der Waals surface area contributed by atoms with Gasteiger partial charge in [0.25, 0.3) is 0 Å². The Morgan fingerprint density at radius 2 is 1.90 bits per heavy atom. The maximum Gasteiger partial charge on any atom is 0.225 e. The fraction of sp³-hybridized carbons (Fsp3) is 0.750. The molecule has 0 atom stereocenters. The number of nitrogens with one attached hydrogen (secondary N) is 1.